The summed E-state index contributed by atoms with van der Waals surface area (Å²) in [5.41, 5.74) is 5.17. The molecule has 6 heteroatoms. The van der Waals surface area contributed by atoms with Gasteiger partial charge in [0, 0.05) is 5.75 Å². The van der Waals surface area contributed by atoms with Gasteiger partial charge in [-0.15, -0.1) is 0 Å². The Bertz CT molecular complexity index is 166. The molecule has 12 heavy (non-hydrogen) atoms. The maximum absolute atomic E-state index is 12.4. The molecule has 0 amide bonds. The van der Waals surface area contributed by atoms with E-state index in [2.05, 4.69) is 0 Å². The van der Waals surface area contributed by atoms with Crippen LogP contribution in [-0.2, 0) is 4.79 Å². The summed E-state index contributed by atoms with van der Waals surface area (Å²) in [5, 5.41) is 4.33. The highest BCUT2D eigenvalue weighted by atomic mass is 32.2. The van der Waals surface area contributed by atoms with Crippen LogP contribution in [0.4, 0.5) is 8.78 Å². The Labute approximate surface area is 73.3 Å². The van der Waals surface area contributed by atoms with Crippen LogP contribution in [0.3, 0.4) is 0 Å². The normalized spacial score (nSPS) is 14.3. The van der Waals surface area contributed by atoms with E-state index in [1.165, 1.54) is 0 Å². The third kappa shape index (κ3) is 3.87. The fourth-order valence-electron chi connectivity index (χ4n) is 0.377. The average Bonchev–Trinajstić information content (AvgIpc) is 2.00. The van der Waals surface area contributed by atoms with Crippen molar-refractivity contribution in [2.75, 3.05) is 12.3 Å². The van der Waals surface area contributed by atoms with E-state index >= 15 is 0 Å². The van der Waals surface area contributed by atoms with Crippen LogP contribution in [0.1, 0.15) is 6.92 Å². The van der Waals surface area contributed by atoms with E-state index in [1.54, 1.807) is 6.92 Å². The highest BCUT2D eigenvalue weighted by molar-refractivity contribution is 8.01. The van der Waals surface area contributed by atoms with Gasteiger partial charge in [0.05, 0.1) is 0 Å². The number of carbonyl (C=O) groups is 1. The van der Waals surface area contributed by atoms with E-state index in [0.29, 0.717) is 0 Å². The first-order valence-corrected chi connectivity index (χ1v) is 4.34. The highest BCUT2D eigenvalue weighted by Crippen LogP contribution is 2.30. The second-order valence-electron chi connectivity index (χ2n) is 2.47. The van der Waals surface area contributed by atoms with Gasteiger partial charge in [-0.3, -0.25) is 0 Å². The Balaban J connectivity index is 3.83. The molecule has 3 N–H and O–H groups in total. The van der Waals surface area contributed by atoms with E-state index in [4.69, 9.17) is 10.8 Å². The number of rotatable bonds is 5. The lowest BCUT2D eigenvalue weighted by molar-refractivity contribution is -0.152. The number of carboxylic acid groups (broad SMARTS) is 1. The van der Waals surface area contributed by atoms with Gasteiger partial charge in [-0.1, -0.05) is 18.7 Å². The monoisotopic (exact) mass is 199 g/mol. The van der Waals surface area contributed by atoms with Crippen molar-refractivity contribution < 1.29 is 18.7 Å². The Morgan fingerprint density at radius 2 is 2.25 bits per heavy atom. The van der Waals surface area contributed by atoms with Crippen LogP contribution in [0, 0.1) is 5.92 Å². The molecule has 0 spiro atoms. The summed E-state index contributed by atoms with van der Waals surface area (Å²) < 4.78 is 24.7. The quantitative estimate of drug-likeness (QED) is 0.693. The van der Waals surface area contributed by atoms with E-state index < -0.39 is 11.2 Å². The molecule has 0 heterocycles. The van der Waals surface area contributed by atoms with Gasteiger partial charge in [-0.05, 0) is 12.5 Å². The third-order valence-electron chi connectivity index (χ3n) is 1.20. The lowest BCUT2D eigenvalue weighted by Gasteiger charge is -2.12. The van der Waals surface area contributed by atoms with Crippen LogP contribution in [0.5, 0.6) is 0 Å². The smallest absolute Gasteiger partial charge is 0.388 e. The van der Waals surface area contributed by atoms with Crippen molar-refractivity contribution in [3.63, 3.8) is 0 Å². The topological polar surface area (TPSA) is 63.3 Å². The van der Waals surface area contributed by atoms with Gasteiger partial charge >= 0.3 is 11.2 Å². The standard InChI is InChI=1S/C6H11F2NO2S/c1-4(2-9)3-12-6(7,8)5(10)11/h4H,2-3,9H2,1H3,(H,10,11). The molecule has 0 fully saturated rings. The second-order valence-corrected chi connectivity index (χ2v) is 3.61. The summed E-state index contributed by atoms with van der Waals surface area (Å²) >= 11 is 0.107. The van der Waals surface area contributed by atoms with Gasteiger partial charge in [0.1, 0.15) is 0 Å². The zero-order valence-corrected chi connectivity index (χ0v) is 7.41. The van der Waals surface area contributed by atoms with Crippen molar-refractivity contribution >= 4 is 17.7 Å². The third-order valence-corrected chi connectivity index (χ3v) is 2.47. The van der Waals surface area contributed by atoms with Crippen molar-refractivity contribution in [3.05, 3.63) is 0 Å². The van der Waals surface area contributed by atoms with Crippen LogP contribution in [0.15, 0.2) is 0 Å². The van der Waals surface area contributed by atoms with Crippen LogP contribution >= 0.6 is 11.8 Å². The molecule has 0 rings (SSSR count). The first-order valence-electron chi connectivity index (χ1n) is 3.35. The highest BCUT2D eigenvalue weighted by Gasteiger charge is 2.39. The predicted octanol–water partition coefficient (Wildman–Crippen LogP) is 0.992. The number of nitrogens with two attached hydrogens (primary N) is 1. The van der Waals surface area contributed by atoms with Gasteiger partial charge in [0.2, 0.25) is 0 Å². The largest absolute Gasteiger partial charge is 0.476 e. The minimum atomic E-state index is -3.69. The number of hydrogen-bond acceptors (Lipinski definition) is 3. The maximum Gasteiger partial charge on any atom is 0.388 e. The summed E-state index contributed by atoms with van der Waals surface area (Å²) in [6.45, 7) is 1.97. The number of thioether (sulfide) groups is 1. The molecule has 72 valence electrons. The summed E-state index contributed by atoms with van der Waals surface area (Å²) in [7, 11) is 0. The number of halogens is 2. The van der Waals surface area contributed by atoms with Crippen LogP contribution in [-0.4, -0.2) is 28.6 Å². The van der Waals surface area contributed by atoms with Crippen molar-refractivity contribution in [3.8, 4) is 0 Å². The Kier molecular flexibility index (Phi) is 4.47. The molecule has 0 aliphatic heterocycles. The second kappa shape index (κ2) is 4.61. The van der Waals surface area contributed by atoms with Crippen LogP contribution in [0.25, 0.3) is 0 Å². The predicted molar refractivity (Wildman–Crippen MR) is 43.3 cm³/mol. The lowest BCUT2D eigenvalue weighted by atomic mass is 10.2. The number of carboxylic acids is 1. The molecular weight excluding hydrogens is 188 g/mol. The molecule has 0 aliphatic carbocycles. The fraction of sp³-hybridized carbons (Fsp3) is 0.833. The lowest BCUT2D eigenvalue weighted by Crippen LogP contribution is -2.26. The maximum atomic E-state index is 12.4. The Morgan fingerprint density at radius 3 is 2.58 bits per heavy atom. The minimum absolute atomic E-state index is 0.0514. The van der Waals surface area contributed by atoms with E-state index in [-0.39, 0.29) is 30.0 Å². The summed E-state index contributed by atoms with van der Waals surface area (Å²) in [6, 6.07) is 0. The first kappa shape index (κ1) is 11.6. The molecule has 1 unspecified atom stereocenters. The van der Waals surface area contributed by atoms with E-state index in [0.717, 1.165) is 0 Å². The molecule has 0 saturated heterocycles. The van der Waals surface area contributed by atoms with Gasteiger partial charge < -0.3 is 10.8 Å². The molecule has 0 aliphatic rings. The first-order chi connectivity index (χ1) is 5.40. The molecule has 0 aromatic heterocycles. The summed E-state index contributed by atoms with van der Waals surface area (Å²) in [6.07, 6.45) is 0. The molecule has 0 bridgehead atoms. The van der Waals surface area contributed by atoms with Gasteiger partial charge in [-0.2, -0.15) is 8.78 Å². The molecule has 3 nitrogen and oxygen atoms in total. The summed E-state index contributed by atoms with van der Waals surface area (Å²) in [5.74, 6) is -2.15. The van der Waals surface area contributed by atoms with Crippen molar-refractivity contribution in [1.29, 1.82) is 0 Å². The Morgan fingerprint density at radius 1 is 1.75 bits per heavy atom. The average molecular weight is 199 g/mol. The van der Waals surface area contributed by atoms with Crippen molar-refractivity contribution in [2.45, 2.75) is 12.2 Å². The van der Waals surface area contributed by atoms with Crippen molar-refractivity contribution in [1.82, 2.24) is 0 Å². The van der Waals surface area contributed by atoms with Crippen molar-refractivity contribution in [2.24, 2.45) is 11.7 Å². The number of alkyl halides is 2. The van der Waals surface area contributed by atoms with Gasteiger partial charge in [-0.25, -0.2) is 4.79 Å². The molecular formula is C6H11F2NO2S. The zero-order chi connectivity index (χ0) is 9.78. The van der Waals surface area contributed by atoms with E-state index in [1.807, 2.05) is 0 Å². The minimum Gasteiger partial charge on any atom is -0.476 e. The van der Waals surface area contributed by atoms with Gasteiger partial charge in [0.25, 0.3) is 0 Å². The molecule has 0 radical (unpaired) electrons. The Hall–Kier alpha value is -0.360. The fourth-order valence-corrected chi connectivity index (χ4v) is 1.13. The molecule has 0 saturated carbocycles. The number of hydrogen-bond donors (Lipinski definition) is 2. The van der Waals surface area contributed by atoms with Crippen LogP contribution in [0.2, 0.25) is 0 Å². The summed E-state index contributed by atoms with van der Waals surface area (Å²) in [4.78, 5) is 9.92. The molecule has 1 atom stereocenters. The van der Waals surface area contributed by atoms with Gasteiger partial charge in [0.15, 0.2) is 0 Å². The van der Waals surface area contributed by atoms with E-state index in [9.17, 15) is 13.6 Å². The molecule has 0 aromatic carbocycles. The SMILES string of the molecule is CC(CN)CSC(F)(F)C(=O)O. The zero-order valence-electron chi connectivity index (χ0n) is 6.59. The van der Waals surface area contributed by atoms with Crippen LogP contribution < -0.4 is 5.73 Å². The number of aliphatic carboxylic acids is 1. The molecule has 0 aromatic rings.